The third-order valence-corrected chi connectivity index (χ3v) is 2.89. The Morgan fingerprint density at radius 1 is 1.50 bits per heavy atom. The first-order valence-electron chi connectivity index (χ1n) is 5.81. The van der Waals surface area contributed by atoms with Crippen molar-refractivity contribution in [1.29, 1.82) is 0 Å². The number of carbonyl (C=O) groups is 1. The normalized spacial score (nSPS) is 11.7. The Labute approximate surface area is 112 Å². The van der Waals surface area contributed by atoms with E-state index in [4.69, 9.17) is 16.7 Å². The highest BCUT2D eigenvalue weighted by molar-refractivity contribution is 6.33. The van der Waals surface area contributed by atoms with Gasteiger partial charge < -0.3 is 5.11 Å². The molecule has 1 aromatic carbocycles. The first-order chi connectivity index (χ1) is 8.45. The van der Waals surface area contributed by atoms with Gasteiger partial charge in [0.25, 0.3) is 0 Å². The summed E-state index contributed by atoms with van der Waals surface area (Å²) < 4.78 is 0. The summed E-state index contributed by atoms with van der Waals surface area (Å²) in [4.78, 5) is 10.9. The Hall–Kier alpha value is -1.55. The monoisotopic (exact) mass is 268 g/mol. The highest BCUT2D eigenvalue weighted by Crippen LogP contribution is 2.23. The smallest absolute Gasteiger partial charge is 0.335 e. The minimum absolute atomic E-state index is 0.180. The molecule has 0 aliphatic rings. The molecule has 0 heterocycles. The van der Waals surface area contributed by atoms with Gasteiger partial charge in [-0.15, -0.1) is 0 Å². The number of nitrogens with one attached hydrogen (secondary N) is 1. The first-order valence-corrected chi connectivity index (χ1v) is 6.18. The van der Waals surface area contributed by atoms with Crippen LogP contribution in [0.15, 0.2) is 23.3 Å². The number of halogens is 1. The van der Waals surface area contributed by atoms with E-state index in [2.05, 4.69) is 24.4 Å². The van der Waals surface area contributed by atoms with Gasteiger partial charge in [0.2, 0.25) is 0 Å². The SMILES string of the molecule is CC/C(=N/Nc1cc(C(=O)O)ccc1Cl)C(C)C. The molecule has 18 heavy (non-hydrogen) atoms. The summed E-state index contributed by atoms with van der Waals surface area (Å²) in [6.45, 7) is 6.13. The Kier molecular flexibility index (Phi) is 5.16. The van der Waals surface area contributed by atoms with E-state index < -0.39 is 5.97 Å². The van der Waals surface area contributed by atoms with Crippen LogP contribution in [0.1, 0.15) is 37.6 Å². The molecule has 2 N–H and O–H groups in total. The number of anilines is 1. The van der Waals surface area contributed by atoms with E-state index in [1.54, 1.807) is 6.07 Å². The second-order valence-electron chi connectivity index (χ2n) is 4.22. The largest absolute Gasteiger partial charge is 0.478 e. The van der Waals surface area contributed by atoms with E-state index in [9.17, 15) is 4.79 Å². The number of benzene rings is 1. The molecule has 0 fully saturated rings. The van der Waals surface area contributed by atoms with Gasteiger partial charge in [-0.2, -0.15) is 5.10 Å². The number of carboxylic acid groups (broad SMARTS) is 1. The molecule has 4 nitrogen and oxygen atoms in total. The lowest BCUT2D eigenvalue weighted by molar-refractivity contribution is 0.0697. The van der Waals surface area contributed by atoms with Crippen LogP contribution in [0, 0.1) is 5.92 Å². The molecule has 0 aliphatic heterocycles. The summed E-state index contributed by atoms with van der Waals surface area (Å²) in [5.74, 6) is -0.651. The van der Waals surface area contributed by atoms with Gasteiger partial charge in [-0.3, -0.25) is 5.43 Å². The average Bonchev–Trinajstić information content (AvgIpc) is 2.31. The molecule has 0 unspecified atom stereocenters. The molecular weight excluding hydrogens is 252 g/mol. The molecular formula is C13H17ClN2O2. The van der Waals surface area contributed by atoms with Gasteiger partial charge in [0.15, 0.2) is 0 Å². The van der Waals surface area contributed by atoms with Crippen LogP contribution in [0.3, 0.4) is 0 Å². The van der Waals surface area contributed by atoms with Gasteiger partial charge in [-0.25, -0.2) is 4.79 Å². The molecule has 0 amide bonds. The number of aromatic carboxylic acids is 1. The molecule has 5 heteroatoms. The van der Waals surface area contributed by atoms with E-state index in [0.717, 1.165) is 12.1 Å². The number of carboxylic acids is 1. The lowest BCUT2D eigenvalue weighted by atomic mass is 10.1. The topological polar surface area (TPSA) is 61.7 Å². The van der Waals surface area contributed by atoms with Crippen molar-refractivity contribution in [1.82, 2.24) is 0 Å². The van der Waals surface area contributed by atoms with E-state index in [0.29, 0.717) is 16.6 Å². The zero-order valence-electron chi connectivity index (χ0n) is 10.7. The Morgan fingerprint density at radius 3 is 2.67 bits per heavy atom. The second-order valence-corrected chi connectivity index (χ2v) is 4.63. The molecule has 0 saturated heterocycles. The van der Waals surface area contributed by atoms with Crippen molar-refractivity contribution in [3.05, 3.63) is 28.8 Å². The van der Waals surface area contributed by atoms with Crippen LogP contribution in [0.2, 0.25) is 5.02 Å². The fourth-order valence-electron chi connectivity index (χ4n) is 1.49. The molecule has 0 spiro atoms. The van der Waals surface area contributed by atoms with Crippen LogP contribution in [0.25, 0.3) is 0 Å². The zero-order valence-corrected chi connectivity index (χ0v) is 11.5. The molecule has 1 aromatic rings. The predicted molar refractivity (Wildman–Crippen MR) is 74.6 cm³/mol. The van der Waals surface area contributed by atoms with Crippen LogP contribution >= 0.6 is 11.6 Å². The van der Waals surface area contributed by atoms with E-state index in [1.807, 2.05) is 6.92 Å². The van der Waals surface area contributed by atoms with Crippen molar-refractivity contribution < 1.29 is 9.90 Å². The molecule has 0 saturated carbocycles. The molecule has 0 bridgehead atoms. The summed E-state index contributed by atoms with van der Waals surface area (Å²) in [6.07, 6.45) is 0.834. The van der Waals surface area contributed by atoms with Gasteiger partial charge in [-0.1, -0.05) is 32.4 Å². The Bertz CT molecular complexity index is 470. The average molecular weight is 269 g/mol. The van der Waals surface area contributed by atoms with Crippen molar-refractivity contribution >= 4 is 29.0 Å². The first kappa shape index (κ1) is 14.5. The van der Waals surface area contributed by atoms with Gasteiger partial charge in [0, 0.05) is 5.71 Å². The second kappa shape index (κ2) is 6.40. The number of hydrogen-bond acceptors (Lipinski definition) is 3. The summed E-state index contributed by atoms with van der Waals surface area (Å²) in [5.41, 5.74) is 4.52. The van der Waals surface area contributed by atoms with Gasteiger partial charge in [-0.05, 0) is 30.5 Å². The lowest BCUT2D eigenvalue weighted by Gasteiger charge is -2.10. The minimum Gasteiger partial charge on any atom is -0.478 e. The van der Waals surface area contributed by atoms with E-state index >= 15 is 0 Å². The minimum atomic E-state index is -0.988. The van der Waals surface area contributed by atoms with Crippen molar-refractivity contribution in [3.8, 4) is 0 Å². The van der Waals surface area contributed by atoms with Crippen LogP contribution in [-0.4, -0.2) is 16.8 Å². The molecule has 0 atom stereocenters. The quantitative estimate of drug-likeness (QED) is 0.629. The molecule has 0 radical (unpaired) electrons. The highest BCUT2D eigenvalue weighted by atomic mass is 35.5. The van der Waals surface area contributed by atoms with Crippen molar-refractivity contribution in [2.75, 3.05) is 5.43 Å². The number of nitrogens with zero attached hydrogens (tertiary/aromatic N) is 1. The van der Waals surface area contributed by atoms with Crippen LogP contribution in [-0.2, 0) is 0 Å². The fourth-order valence-corrected chi connectivity index (χ4v) is 1.65. The van der Waals surface area contributed by atoms with Gasteiger partial charge >= 0.3 is 5.97 Å². The van der Waals surface area contributed by atoms with E-state index in [1.165, 1.54) is 12.1 Å². The third-order valence-electron chi connectivity index (χ3n) is 2.56. The van der Waals surface area contributed by atoms with Crippen molar-refractivity contribution in [2.45, 2.75) is 27.2 Å². The summed E-state index contributed by atoms with van der Waals surface area (Å²) in [5, 5.41) is 13.6. The Morgan fingerprint density at radius 2 is 2.17 bits per heavy atom. The maximum Gasteiger partial charge on any atom is 0.335 e. The Balaban J connectivity index is 2.96. The zero-order chi connectivity index (χ0) is 13.7. The highest BCUT2D eigenvalue weighted by Gasteiger charge is 2.07. The molecule has 98 valence electrons. The predicted octanol–water partition coefficient (Wildman–Crippen LogP) is 3.87. The summed E-state index contributed by atoms with van der Waals surface area (Å²) >= 11 is 5.98. The van der Waals surface area contributed by atoms with Gasteiger partial charge in [0.05, 0.1) is 16.3 Å². The number of hydrazone groups is 1. The maximum absolute atomic E-state index is 10.9. The lowest BCUT2D eigenvalue weighted by Crippen LogP contribution is -2.09. The summed E-state index contributed by atoms with van der Waals surface area (Å²) in [6, 6.07) is 4.48. The number of hydrogen-bond donors (Lipinski definition) is 2. The van der Waals surface area contributed by atoms with Gasteiger partial charge in [0.1, 0.15) is 0 Å². The molecule has 0 aliphatic carbocycles. The van der Waals surface area contributed by atoms with Crippen molar-refractivity contribution in [2.24, 2.45) is 11.0 Å². The van der Waals surface area contributed by atoms with Crippen LogP contribution < -0.4 is 5.43 Å². The van der Waals surface area contributed by atoms with E-state index in [-0.39, 0.29) is 5.56 Å². The summed E-state index contributed by atoms with van der Waals surface area (Å²) in [7, 11) is 0. The molecule has 1 rings (SSSR count). The molecule has 0 aromatic heterocycles. The van der Waals surface area contributed by atoms with Crippen LogP contribution in [0.5, 0.6) is 0 Å². The fraction of sp³-hybridized carbons (Fsp3) is 0.385. The standard InChI is InChI=1S/C13H17ClN2O2/c1-4-11(8(2)3)15-16-12-7-9(13(17)18)5-6-10(12)14/h5-8,16H,4H2,1-3H3,(H,17,18)/b15-11-. The van der Waals surface area contributed by atoms with Crippen LogP contribution in [0.4, 0.5) is 5.69 Å². The van der Waals surface area contributed by atoms with Crippen molar-refractivity contribution in [3.63, 3.8) is 0 Å². The number of rotatable bonds is 5. The maximum atomic E-state index is 10.9. The third kappa shape index (κ3) is 3.74.